The summed E-state index contributed by atoms with van der Waals surface area (Å²) in [6, 6.07) is 6.15. The van der Waals surface area contributed by atoms with Crippen molar-refractivity contribution in [2.45, 2.75) is 25.9 Å². The number of anilines is 1. The molecule has 1 heterocycles. The second-order valence-electron chi connectivity index (χ2n) is 5.23. The summed E-state index contributed by atoms with van der Waals surface area (Å²) in [5, 5.41) is 13.3. The molecule has 0 amide bonds. The van der Waals surface area contributed by atoms with Crippen LogP contribution in [0.2, 0.25) is 0 Å². The third kappa shape index (κ3) is 4.14. The van der Waals surface area contributed by atoms with Gasteiger partial charge in [0.05, 0.1) is 12.1 Å². The molecule has 0 spiro atoms. The van der Waals surface area contributed by atoms with Crippen LogP contribution in [-0.2, 0) is 0 Å². The molecule has 1 fully saturated rings. The average molecular weight is 279 g/mol. The van der Waals surface area contributed by atoms with Crippen LogP contribution in [0.25, 0.3) is 0 Å². The minimum atomic E-state index is -0.681. The molecular weight excluding hydrogens is 258 g/mol. The lowest BCUT2D eigenvalue weighted by Crippen LogP contribution is -2.34. The average Bonchev–Trinajstić information content (AvgIpc) is 2.73. The van der Waals surface area contributed by atoms with Crippen LogP contribution in [0.1, 0.15) is 17.5 Å². The third-order valence-corrected chi connectivity index (χ3v) is 4.35. The van der Waals surface area contributed by atoms with Gasteiger partial charge in [-0.3, -0.25) is 4.99 Å². The van der Waals surface area contributed by atoms with Crippen molar-refractivity contribution in [2.24, 2.45) is 10.7 Å². The molecule has 1 aromatic rings. The van der Waals surface area contributed by atoms with Crippen LogP contribution in [-0.4, -0.2) is 34.7 Å². The number of hydrogen-bond donors (Lipinski definition) is 3. The van der Waals surface area contributed by atoms with Gasteiger partial charge in [-0.05, 0) is 49.3 Å². The van der Waals surface area contributed by atoms with Gasteiger partial charge in [0, 0.05) is 11.4 Å². The first-order valence-corrected chi connectivity index (χ1v) is 7.58. The lowest BCUT2D eigenvalue weighted by Gasteiger charge is -2.18. The van der Waals surface area contributed by atoms with Crippen molar-refractivity contribution in [2.75, 3.05) is 23.4 Å². The number of thioether (sulfide) groups is 1. The number of aliphatic hydroxyl groups is 1. The Labute approximate surface area is 118 Å². The smallest absolute Gasteiger partial charge is 0.193 e. The molecule has 1 aromatic carbocycles. The Hall–Kier alpha value is -1.20. The van der Waals surface area contributed by atoms with Gasteiger partial charge in [0.15, 0.2) is 5.96 Å². The molecule has 0 aromatic heterocycles. The van der Waals surface area contributed by atoms with E-state index in [1.807, 2.05) is 26.0 Å². The molecule has 0 bridgehead atoms. The summed E-state index contributed by atoms with van der Waals surface area (Å²) < 4.78 is 0. The summed E-state index contributed by atoms with van der Waals surface area (Å²) in [5.74, 6) is 2.10. The zero-order valence-electron chi connectivity index (χ0n) is 11.4. The minimum absolute atomic E-state index is 0.357. The Morgan fingerprint density at radius 3 is 2.68 bits per heavy atom. The van der Waals surface area contributed by atoms with Crippen LogP contribution in [0.15, 0.2) is 23.2 Å². The number of benzene rings is 1. The Balaban J connectivity index is 1.98. The van der Waals surface area contributed by atoms with Crippen molar-refractivity contribution in [3.8, 4) is 0 Å². The van der Waals surface area contributed by atoms with Crippen molar-refractivity contribution < 1.29 is 5.11 Å². The van der Waals surface area contributed by atoms with Crippen LogP contribution in [0.5, 0.6) is 0 Å². The third-order valence-electron chi connectivity index (χ3n) is 3.12. The quantitative estimate of drug-likeness (QED) is 0.584. The molecule has 4 nitrogen and oxygen atoms in total. The van der Waals surface area contributed by atoms with Crippen molar-refractivity contribution in [3.05, 3.63) is 29.3 Å². The molecule has 1 atom stereocenters. The molecule has 0 aliphatic carbocycles. The summed E-state index contributed by atoms with van der Waals surface area (Å²) in [7, 11) is 0. The Kier molecular flexibility index (Phi) is 4.37. The first kappa shape index (κ1) is 14.2. The van der Waals surface area contributed by atoms with E-state index < -0.39 is 5.60 Å². The first-order valence-electron chi connectivity index (χ1n) is 6.42. The number of rotatable bonds is 3. The maximum Gasteiger partial charge on any atom is 0.193 e. The van der Waals surface area contributed by atoms with Crippen molar-refractivity contribution in [3.63, 3.8) is 0 Å². The molecule has 0 saturated carbocycles. The van der Waals surface area contributed by atoms with E-state index in [1.54, 1.807) is 11.8 Å². The molecule has 104 valence electrons. The number of nitrogens with two attached hydrogens (primary N) is 1. The first-order chi connectivity index (χ1) is 8.97. The Bertz CT molecular complexity index is 461. The van der Waals surface area contributed by atoms with E-state index in [4.69, 9.17) is 5.73 Å². The van der Waals surface area contributed by atoms with E-state index >= 15 is 0 Å². The Morgan fingerprint density at radius 2 is 2.11 bits per heavy atom. The number of aryl methyl sites for hydroxylation is 2. The van der Waals surface area contributed by atoms with Gasteiger partial charge in [-0.15, -0.1) is 0 Å². The summed E-state index contributed by atoms with van der Waals surface area (Å²) in [5.41, 5.74) is 8.48. The fourth-order valence-corrected chi connectivity index (χ4v) is 3.47. The lowest BCUT2D eigenvalue weighted by atomic mass is 10.1. The number of guanidine groups is 1. The maximum atomic E-state index is 10.2. The summed E-state index contributed by atoms with van der Waals surface area (Å²) in [4.78, 5) is 4.25. The molecule has 1 aliphatic rings. The van der Waals surface area contributed by atoms with Crippen LogP contribution < -0.4 is 11.1 Å². The minimum Gasteiger partial charge on any atom is -0.387 e. The van der Waals surface area contributed by atoms with E-state index in [9.17, 15) is 5.11 Å². The van der Waals surface area contributed by atoms with Gasteiger partial charge in [-0.1, -0.05) is 6.07 Å². The largest absolute Gasteiger partial charge is 0.387 e. The van der Waals surface area contributed by atoms with Crippen molar-refractivity contribution in [1.82, 2.24) is 0 Å². The van der Waals surface area contributed by atoms with Gasteiger partial charge >= 0.3 is 0 Å². The number of hydrogen-bond acceptors (Lipinski definition) is 3. The van der Waals surface area contributed by atoms with Gasteiger partial charge in [0.25, 0.3) is 0 Å². The number of nitrogens with one attached hydrogen (secondary N) is 1. The molecule has 19 heavy (non-hydrogen) atoms. The second kappa shape index (κ2) is 5.84. The van der Waals surface area contributed by atoms with Crippen LogP contribution in [0.4, 0.5) is 5.69 Å². The molecule has 1 saturated heterocycles. The number of aliphatic imine (C=N–C) groups is 1. The van der Waals surface area contributed by atoms with E-state index in [0.29, 0.717) is 12.5 Å². The molecule has 1 unspecified atom stereocenters. The topological polar surface area (TPSA) is 70.6 Å². The number of nitrogens with zero attached hydrogens (tertiary/aromatic N) is 1. The SMILES string of the molecule is Cc1cc(C)cc(NC(N)=NCC2(O)CCSC2)c1. The highest BCUT2D eigenvalue weighted by atomic mass is 32.2. The predicted molar refractivity (Wildman–Crippen MR) is 82.9 cm³/mol. The highest BCUT2D eigenvalue weighted by molar-refractivity contribution is 7.99. The molecule has 2 rings (SSSR count). The van der Waals surface area contributed by atoms with Gasteiger partial charge in [-0.25, -0.2) is 0 Å². The summed E-state index contributed by atoms with van der Waals surface area (Å²) in [6.45, 7) is 4.46. The van der Waals surface area contributed by atoms with Crippen LogP contribution >= 0.6 is 11.8 Å². The summed E-state index contributed by atoms with van der Waals surface area (Å²) >= 11 is 1.76. The normalized spacial score (nSPS) is 23.6. The van der Waals surface area contributed by atoms with Crippen LogP contribution in [0.3, 0.4) is 0 Å². The zero-order valence-corrected chi connectivity index (χ0v) is 12.3. The molecule has 0 radical (unpaired) electrons. The fraction of sp³-hybridized carbons (Fsp3) is 0.500. The second-order valence-corrected chi connectivity index (χ2v) is 6.33. The standard InChI is InChI=1S/C14H21N3OS/c1-10-5-11(2)7-12(6-10)17-13(15)16-8-14(18)3-4-19-9-14/h5-7,18H,3-4,8-9H2,1-2H3,(H3,15,16,17). The van der Waals surface area contributed by atoms with Gasteiger partial charge in [0.1, 0.15) is 0 Å². The van der Waals surface area contributed by atoms with Gasteiger partial charge in [0.2, 0.25) is 0 Å². The predicted octanol–water partition coefficient (Wildman–Crippen LogP) is 1.90. The Morgan fingerprint density at radius 1 is 1.42 bits per heavy atom. The van der Waals surface area contributed by atoms with E-state index in [1.165, 1.54) is 11.1 Å². The van der Waals surface area contributed by atoms with Crippen molar-refractivity contribution >= 4 is 23.4 Å². The highest BCUT2D eigenvalue weighted by Gasteiger charge is 2.31. The molecular formula is C14H21N3OS. The molecule has 4 N–H and O–H groups in total. The zero-order chi connectivity index (χ0) is 13.9. The molecule has 1 aliphatic heterocycles. The maximum absolute atomic E-state index is 10.2. The van der Waals surface area contributed by atoms with Crippen LogP contribution in [0, 0.1) is 13.8 Å². The monoisotopic (exact) mass is 279 g/mol. The van der Waals surface area contributed by atoms with Crippen molar-refractivity contribution in [1.29, 1.82) is 0 Å². The van der Waals surface area contributed by atoms with Gasteiger partial charge in [-0.2, -0.15) is 11.8 Å². The lowest BCUT2D eigenvalue weighted by molar-refractivity contribution is 0.0780. The van der Waals surface area contributed by atoms with Gasteiger partial charge < -0.3 is 16.2 Å². The summed E-state index contributed by atoms with van der Waals surface area (Å²) in [6.07, 6.45) is 0.790. The fourth-order valence-electron chi connectivity index (χ4n) is 2.19. The molecule has 5 heteroatoms. The van der Waals surface area contributed by atoms with E-state index in [0.717, 1.165) is 23.6 Å². The van der Waals surface area contributed by atoms with E-state index in [2.05, 4.69) is 16.4 Å². The highest BCUT2D eigenvalue weighted by Crippen LogP contribution is 2.27. The van der Waals surface area contributed by atoms with E-state index in [-0.39, 0.29) is 0 Å².